The molecule has 0 spiro atoms. The maximum absolute atomic E-state index is 2.89. The Labute approximate surface area is 119 Å². The van der Waals surface area contributed by atoms with E-state index in [1.807, 2.05) is 0 Å². The van der Waals surface area contributed by atoms with E-state index in [4.69, 9.17) is 0 Å². The van der Waals surface area contributed by atoms with Gasteiger partial charge in [-0.1, -0.05) is 0 Å². The summed E-state index contributed by atoms with van der Waals surface area (Å²) in [6, 6.07) is 0. The van der Waals surface area contributed by atoms with Gasteiger partial charge in [0.05, 0.1) is 0 Å². The number of nitrogens with zero attached hydrogens (tertiary/aromatic N) is 4. The first-order chi connectivity index (χ1) is 9.26. The molecule has 0 N–H and O–H groups in total. The molecule has 0 bridgehead atoms. The maximum atomic E-state index is 2.89. The first-order valence-electron chi connectivity index (χ1n) is 8.19. The number of hydrogen-bond donors (Lipinski definition) is 0. The van der Waals surface area contributed by atoms with Crippen LogP contribution in [0.25, 0.3) is 0 Å². The zero-order chi connectivity index (χ0) is 13.3. The van der Waals surface area contributed by atoms with Gasteiger partial charge in [-0.2, -0.15) is 0 Å². The Balaban J connectivity index is 1.93. The number of hydrogen-bond acceptors (Lipinski definition) is 4. The Hall–Kier alpha value is 0.270. The third kappa shape index (κ3) is 2.36. The first kappa shape index (κ1) is 14.2. The van der Waals surface area contributed by atoms with E-state index in [1.165, 1.54) is 77.8 Å². The molecule has 0 aromatic heterocycles. The molecule has 0 amide bonds. The quantitative estimate of drug-likeness (QED) is 0.735. The minimum atomic E-state index is -1.74. The summed E-state index contributed by atoms with van der Waals surface area (Å²) in [5, 5.41) is 0. The zero-order valence-corrected chi connectivity index (χ0v) is 13.8. The molecule has 0 aromatic carbocycles. The molecular weight excluding hydrogens is 255 g/mol. The summed E-state index contributed by atoms with van der Waals surface area (Å²) in [6.07, 6.45) is 8.44. The Bertz CT molecular complexity index is 251. The van der Waals surface area contributed by atoms with Crippen LogP contribution >= 0.6 is 7.87 Å². The van der Waals surface area contributed by atoms with Crippen molar-refractivity contribution in [3.8, 4) is 0 Å². The van der Waals surface area contributed by atoms with Crippen molar-refractivity contribution in [2.75, 3.05) is 53.4 Å². The molecule has 3 fully saturated rings. The fourth-order valence-corrected chi connectivity index (χ4v) is 10.1. The van der Waals surface area contributed by atoms with Crippen molar-refractivity contribution in [1.82, 2.24) is 18.7 Å². The van der Waals surface area contributed by atoms with Crippen molar-refractivity contribution in [1.29, 1.82) is 0 Å². The molecule has 3 aliphatic rings. The predicted octanol–water partition coefficient (Wildman–Crippen LogP) is 2.25. The van der Waals surface area contributed by atoms with Crippen molar-refractivity contribution >= 4 is 7.87 Å². The van der Waals surface area contributed by atoms with Crippen molar-refractivity contribution < 1.29 is 0 Å². The molecule has 0 unspecified atom stereocenters. The molecule has 0 radical (unpaired) electrons. The molecule has 112 valence electrons. The van der Waals surface area contributed by atoms with Crippen molar-refractivity contribution in [3.05, 3.63) is 0 Å². The average molecular weight is 286 g/mol. The van der Waals surface area contributed by atoms with Crippen LogP contribution in [0.5, 0.6) is 0 Å². The first-order valence-corrected chi connectivity index (χ1v) is 9.98. The van der Waals surface area contributed by atoms with E-state index in [0.717, 1.165) is 0 Å². The molecule has 0 aliphatic carbocycles. The van der Waals surface area contributed by atoms with Crippen molar-refractivity contribution in [2.45, 2.75) is 38.5 Å². The van der Waals surface area contributed by atoms with E-state index in [9.17, 15) is 0 Å². The van der Waals surface area contributed by atoms with Crippen LogP contribution in [0.4, 0.5) is 0 Å². The van der Waals surface area contributed by atoms with E-state index in [2.05, 4.69) is 32.8 Å². The zero-order valence-electron chi connectivity index (χ0n) is 12.8. The van der Waals surface area contributed by atoms with Crippen LogP contribution < -0.4 is 0 Å². The molecule has 3 aliphatic heterocycles. The van der Waals surface area contributed by atoms with E-state index < -0.39 is 7.87 Å². The second-order valence-corrected chi connectivity index (χ2v) is 10.6. The summed E-state index contributed by atoms with van der Waals surface area (Å²) in [7, 11) is 2.96. The Kier molecular flexibility index (Phi) is 4.45. The average Bonchev–Trinajstić information content (AvgIpc) is 3.15. The summed E-state index contributed by atoms with van der Waals surface area (Å²) in [5.74, 6) is 0. The summed E-state index contributed by atoms with van der Waals surface area (Å²) in [5.41, 5.74) is 0. The van der Waals surface area contributed by atoms with E-state index in [1.54, 1.807) is 0 Å². The van der Waals surface area contributed by atoms with Gasteiger partial charge < -0.3 is 0 Å². The van der Waals surface area contributed by atoms with Gasteiger partial charge in [-0.15, -0.1) is 0 Å². The fourth-order valence-electron chi connectivity index (χ4n) is 4.50. The predicted molar refractivity (Wildman–Crippen MR) is 84.4 cm³/mol. The molecule has 19 heavy (non-hydrogen) atoms. The SMILES string of the molecule is CN(C)[PH](N1CCCC1)(N1CCCC1)N1CCCC1. The fraction of sp³-hybridized carbons (Fsp3) is 1.00. The molecule has 4 nitrogen and oxygen atoms in total. The summed E-state index contributed by atoms with van der Waals surface area (Å²) in [4.78, 5) is 0. The molecule has 0 atom stereocenters. The van der Waals surface area contributed by atoms with Crippen LogP contribution in [0.15, 0.2) is 0 Å². The summed E-state index contributed by atoms with van der Waals surface area (Å²) < 4.78 is 11.3. The summed E-state index contributed by atoms with van der Waals surface area (Å²) >= 11 is 0. The molecular formula is C14H31N4P. The van der Waals surface area contributed by atoms with Crippen molar-refractivity contribution in [2.24, 2.45) is 0 Å². The molecule has 0 saturated carbocycles. The van der Waals surface area contributed by atoms with Gasteiger partial charge in [0.1, 0.15) is 0 Å². The molecule has 3 heterocycles. The van der Waals surface area contributed by atoms with Crippen molar-refractivity contribution in [3.63, 3.8) is 0 Å². The monoisotopic (exact) mass is 286 g/mol. The van der Waals surface area contributed by atoms with Gasteiger partial charge in [0.2, 0.25) is 0 Å². The van der Waals surface area contributed by atoms with Gasteiger partial charge in [0.25, 0.3) is 0 Å². The number of rotatable bonds is 4. The van der Waals surface area contributed by atoms with E-state index >= 15 is 0 Å². The van der Waals surface area contributed by atoms with Gasteiger partial charge >= 0.3 is 118 Å². The second kappa shape index (κ2) is 5.95. The van der Waals surface area contributed by atoms with Crippen LogP contribution in [0.2, 0.25) is 0 Å². The topological polar surface area (TPSA) is 13.0 Å². The third-order valence-corrected chi connectivity index (χ3v) is 10.3. The third-order valence-electron chi connectivity index (χ3n) is 5.19. The van der Waals surface area contributed by atoms with Gasteiger partial charge in [-0.3, -0.25) is 0 Å². The van der Waals surface area contributed by atoms with Gasteiger partial charge in [0, 0.05) is 0 Å². The van der Waals surface area contributed by atoms with Crippen LogP contribution in [0, 0.1) is 0 Å². The van der Waals surface area contributed by atoms with E-state index in [0.29, 0.717) is 0 Å². The Morgan fingerprint density at radius 2 is 0.842 bits per heavy atom. The Morgan fingerprint density at radius 3 is 1.05 bits per heavy atom. The Morgan fingerprint density at radius 1 is 0.579 bits per heavy atom. The van der Waals surface area contributed by atoms with Gasteiger partial charge in [-0.05, 0) is 0 Å². The molecule has 3 rings (SSSR count). The van der Waals surface area contributed by atoms with Crippen LogP contribution in [-0.2, 0) is 0 Å². The van der Waals surface area contributed by atoms with Crippen LogP contribution in [0.3, 0.4) is 0 Å². The van der Waals surface area contributed by atoms with Gasteiger partial charge in [-0.25, -0.2) is 0 Å². The standard InChI is InChI=1S/C14H31N4P/c1-15(2)19(16-9-3-4-10-16,17-11-5-6-12-17)18-13-7-8-14-18/h19H,3-14H2,1-2H3. The van der Waals surface area contributed by atoms with Crippen LogP contribution in [0.1, 0.15) is 38.5 Å². The summed E-state index contributed by atoms with van der Waals surface area (Å²) in [6.45, 7) is 7.98. The molecule has 3 saturated heterocycles. The normalized spacial score (nSPS) is 28.8. The van der Waals surface area contributed by atoms with Gasteiger partial charge in [0.15, 0.2) is 0 Å². The minimum absolute atomic E-state index is 1.33. The molecule has 5 heteroatoms. The second-order valence-electron chi connectivity index (χ2n) is 6.58. The van der Waals surface area contributed by atoms with Crippen LogP contribution in [-0.4, -0.2) is 72.0 Å². The van der Waals surface area contributed by atoms with E-state index in [-0.39, 0.29) is 0 Å². The molecule has 0 aromatic rings.